The minimum absolute atomic E-state index is 0.0270. The minimum atomic E-state index is -2.57. The molecule has 1 aliphatic rings. The Bertz CT molecular complexity index is 424. The number of aliphatic hydroxyl groups is 1. The molecule has 1 heterocycles. The summed E-state index contributed by atoms with van der Waals surface area (Å²) < 4.78 is 27.4. The van der Waals surface area contributed by atoms with Crippen LogP contribution in [0.4, 0.5) is 8.78 Å². The van der Waals surface area contributed by atoms with Gasteiger partial charge in [-0.3, -0.25) is 4.68 Å². The molecule has 0 amide bonds. The molecule has 3 nitrogen and oxygen atoms in total. The van der Waals surface area contributed by atoms with Crippen molar-refractivity contribution in [2.75, 3.05) is 0 Å². The standard InChI is InChI=1S/C12H18F2N2O/c1-7(2)16-10-8(9(15-16)11(13)14)5-4-6-12(10,3)17/h7,11,17H,4-6H2,1-3H3. The van der Waals surface area contributed by atoms with Gasteiger partial charge in [0, 0.05) is 11.6 Å². The van der Waals surface area contributed by atoms with E-state index in [-0.39, 0.29) is 11.7 Å². The van der Waals surface area contributed by atoms with E-state index < -0.39 is 12.0 Å². The number of aromatic nitrogens is 2. The van der Waals surface area contributed by atoms with Crippen LogP contribution >= 0.6 is 0 Å². The third-order valence-corrected chi connectivity index (χ3v) is 3.34. The van der Waals surface area contributed by atoms with Gasteiger partial charge in [-0.2, -0.15) is 5.10 Å². The summed E-state index contributed by atoms with van der Waals surface area (Å²) in [4.78, 5) is 0. The van der Waals surface area contributed by atoms with E-state index in [1.54, 1.807) is 11.6 Å². The van der Waals surface area contributed by atoms with Gasteiger partial charge in [0.15, 0.2) is 0 Å². The molecule has 0 bridgehead atoms. The van der Waals surface area contributed by atoms with E-state index in [1.807, 2.05) is 13.8 Å². The Morgan fingerprint density at radius 2 is 2.06 bits per heavy atom. The maximum absolute atomic E-state index is 12.9. The molecule has 0 aromatic carbocycles. The van der Waals surface area contributed by atoms with Crippen LogP contribution < -0.4 is 0 Å². The number of hydrogen-bond acceptors (Lipinski definition) is 2. The quantitative estimate of drug-likeness (QED) is 0.868. The zero-order valence-electron chi connectivity index (χ0n) is 10.4. The first kappa shape index (κ1) is 12.5. The molecule has 2 rings (SSSR count). The predicted molar refractivity (Wildman–Crippen MR) is 60.1 cm³/mol. The average Bonchev–Trinajstić information content (AvgIpc) is 2.58. The van der Waals surface area contributed by atoms with Crippen molar-refractivity contribution < 1.29 is 13.9 Å². The molecule has 0 spiro atoms. The summed E-state index contributed by atoms with van der Waals surface area (Å²) in [5.74, 6) is 0. The van der Waals surface area contributed by atoms with Crippen molar-refractivity contribution in [2.24, 2.45) is 0 Å². The van der Waals surface area contributed by atoms with Crippen LogP contribution in [0.25, 0.3) is 0 Å². The van der Waals surface area contributed by atoms with Crippen molar-refractivity contribution in [3.8, 4) is 0 Å². The molecule has 0 saturated carbocycles. The number of alkyl halides is 2. The lowest BCUT2D eigenvalue weighted by atomic mass is 9.84. The SMILES string of the molecule is CC(C)n1nc(C(F)F)c2c1C(C)(O)CCC2. The zero-order chi connectivity index (χ0) is 12.8. The summed E-state index contributed by atoms with van der Waals surface area (Å²) in [5, 5.41) is 14.3. The third-order valence-electron chi connectivity index (χ3n) is 3.34. The molecule has 1 N–H and O–H groups in total. The second-order valence-electron chi connectivity index (χ2n) is 5.18. The molecule has 1 unspecified atom stereocenters. The van der Waals surface area contributed by atoms with Crippen LogP contribution in [0.5, 0.6) is 0 Å². The van der Waals surface area contributed by atoms with Crippen molar-refractivity contribution in [3.05, 3.63) is 17.0 Å². The molecule has 0 radical (unpaired) electrons. The van der Waals surface area contributed by atoms with Crippen molar-refractivity contribution in [3.63, 3.8) is 0 Å². The Morgan fingerprint density at radius 3 is 2.59 bits per heavy atom. The molecule has 17 heavy (non-hydrogen) atoms. The second kappa shape index (κ2) is 4.05. The highest BCUT2D eigenvalue weighted by atomic mass is 19.3. The van der Waals surface area contributed by atoms with Gasteiger partial charge < -0.3 is 5.11 Å². The van der Waals surface area contributed by atoms with E-state index in [0.717, 1.165) is 6.42 Å². The van der Waals surface area contributed by atoms with Gasteiger partial charge in [-0.05, 0) is 40.0 Å². The number of hydrogen-bond donors (Lipinski definition) is 1. The fraction of sp³-hybridized carbons (Fsp3) is 0.750. The summed E-state index contributed by atoms with van der Waals surface area (Å²) in [7, 11) is 0. The molecule has 1 aliphatic carbocycles. The van der Waals surface area contributed by atoms with E-state index in [4.69, 9.17) is 0 Å². The third kappa shape index (κ3) is 1.97. The monoisotopic (exact) mass is 244 g/mol. The second-order valence-corrected chi connectivity index (χ2v) is 5.18. The number of rotatable bonds is 2. The predicted octanol–water partition coefficient (Wildman–Crippen LogP) is 2.95. The van der Waals surface area contributed by atoms with E-state index in [1.165, 1.54) is 0 Å². The fourth-order valence-electron chi connectivity index (χ4n) is 2.58. The lowest BCUT2D eigenvalue weighted by molar-refractivity contribution is 0.0281. The summed E-state index contributed by atoms with van der Waals surface area (Å²) in [6.45, 7) is 5.45. The van der Waals surface area contributed by atoms with Crippen LogP contribution in [0.1, 0.15) is 63.0 Å². The Hall–Kier alpha value is -0.970. The lowest BCUT2D eigenvalue weighted by Crippen LogP contribution is -2.30. The molecular formula is C12H18F2N2O. The summed E-state index contributed by atoms with van der Waals surface area (Å²) in [5.41, 5.74) is -0.0782. The van der Waals surface area contributed by atoms with E-state index in [9.17, 15) is 13.9 Å². The Labute approximate surface area is 99.4 Å². The molecule has 5 heteroatoms. The molecule has 0 saturated heterocycles. The molecular weight excluding hydrogens is 226 g/mol. The van der Waals surface area contributed by atoms with E-state index in [2.05, 4.69) is 5.10 Å². The number of nitrogens with zero attached hydrogens (tertiary/aromatic N) is 2. The molecule has 96 valence electrons. The first-order valence-electron chi connectivity index (χ1n) is 5.97. The van der Waals surface area contributed by atoms with Gasteiger partial charge in [0.2, 0.25) is 0 Å². The maximum Gasteiger partial charge on any atom is 0.282 e. The topological polar surface area (TPSA) is 38.0 Å². The van der Waals surface area contributed by atoms with E-state index in [0.29, 0.717) is 24.1 Å². The Balaban J connectivity index is 2.64. The van der Waals surface area contributed by atoms with Crippen molar-refractivity contribution >= 4 is 0 Å². The zero-order valence-corrected chi connectivity index (χ0v) is 10.4. The lowest BCUT2D eigenvalue weighted by Gasteiger charge is -2.30. The number of fused-ring (bicyclic) bond motifs is 1. The van der Waals surface area contributed by atoms with Crippen LogP contribution in [-0.4, -0.2) is 14.9 Å². The highest BCUT2D eigenvalue weighted by Crippen LogP contribution is 2.40. The van der Waals surface area contributed by atoms with Crippen LogP contribution in [0.15, 0.2) is 0 Å². The van der Waals surface area contributed by atoms with Crippen LogP contribution in [0.3, 0.4) is 0 Å². The summed E-state index contributed by atoms with van der Waals surface area (Å²) in [6, 6.07) is -0.0270. The number of halogens is 2. The Kier molecular flexibility index (Phi) is 2.97. The Morgan fingerprint density at radius 1 is 1.41 bits per heavy atom. The van der Waals surface area contributed by atoms with Crippen molar-refractivity contribution in [1.82, 2.24) is 9.78 Å². The molecule has 0 aliphatic heterocycles. The molecule has 0 fully saturated rings. The highest BCUT2D eigenvalue weighted by Gasteiger charge is 2.38. The van der Waals surface area contributed by atoms with Crippen molar-refractivity contribution in [2.45, 2.75) is 58.1 Å². The fourth-order valence-corrected chi connectivity index (χ4v) is 2.58. The molecule has 1 atom stereocenters. The first-order valence-corrected chi connectivity index (χ1v) is 5.97. The first-order chi connectivity index (χ1) is 7.84. The summed E-state index contributed by atoms with van der Waals surface area (Å²) >= 11 is 0. The largest absolute Gasteiger partial charge is 0.384 e. The van der Waals surface area contributed by atoms with Gasteiger partial charge >= 0.3 is 0 Å². The summed E-state index contributed by atoms with van der Waals surface area (Å²) in [6.07, 6.45) is -0.666. The van der Waals surface area contributed by atoms with Gasteiger partial charge in [-0.15, -0.1) is 0 Å². The highest BCUT2D eigenvalue weighted by molar-refractivity contribution is 5.34. The smallest absolute Gasteiger partial charge is 0.282 e. The van der Waals surface area contributed by atoms with Crippen LogP contribution in [-0.2, 0) is 12.0 Å². The van der Waals surface area contributed by atoms with Crippen LogP contribution in [0, 0.1) is 0 Å². The normalized spacial score (nSPS) is 24.5. The maximum atomic E-state index is 12.9. The van der Waals surface area contributed by atoms with Gasteiger partial charge in [-0.25, -0.2) is 8.78 Å². The molecule has 1 aromatic heterocycles. The van der Waals surface area contributed by atoms with Crippen molar-refractivity contribution in [1.29, 1.82) is 0 Å². The minimum Gasteiger partial charge on any atom is -0.384 e. The van der Waals surface area contributed by atoms with E-state index >= 15 is 0 Å². The molecule has 1 aromatic rings. The van der Waals surface area contributed by atoms with Crippen LogP contribution in [0.2, 0.25) is 0 Å². The van der Waals surface area contributed by atoms with Gasteiger partial charge in [-0.1, -0.05) is 0 Å². The van der Waals surface area contributed by atoms with Gasteiger partial charge in [0.25, 0.3) is 6.43 Å². The average molecular weight is 244 g/mol. The van der Waals surface area contributed by atoms with Gasteiger partial charge in [0.1, 0.15) is 11.3 Å². The van der Waals surface area contributed by atoms with Gasteiger partial charge in [0.05, 0.1) is 5.69 Å².